The van der Waals surface area contributed by atoms with E-state index in [0.717, 1.165) is 52.6 Å². The fourth-order valence-electron chi connectivity index (χ4n) is 5.23. The van der Waals surface area contributed by atoms with Gasteiger partial charge in [-0.3, -0.25) is 0 Å². The zero-order valence-electron chi connectivity index (χ0n) is 29.8. The zero-order valence-corrected chi connectivity index (χ0v) is 32.8. The van der Waals surface area contributed by atoms with Crippen LogP contribution in [0.15, 0.2) is 77.7 Å². The van der Waals surface area contributed by atoms with Crippen LogP contribution in [-0.4, -0.2) is 28.2 Å². The SMILES string of the molecule is CCCCCCCCOc1ccc(C(=CCCCOc2ccc(I)cc2)NNS(=O)(=O)c2ccc(C)cc2)cc1OCCCCCCCC. The predicted molar refractivity (Wildman–Crippen MR) is 211 cm³/mol. The number of allylic oxidation sites excluding steroid dienone is 1. The number of sulfonamides is 1. The van der Waals surface area contributed by atoms with Crippen LogP contribution in [0.2, 0.25) is 0 Å². The summed E-state index contributed by atoms with van der Waals surface area (Å²) in [6, 6.07) is 20.6. The normalized spacial score (nSPS) is 11.8. The van der Waals surface area contributed by atoms with Gasteiger partial charge >= 0.3 is 0 Å². The summed E-state index contributed by atoms with van der Waals surface area (Å²) in [4.78, 5) is 2.78. The average Bonchev–Trinajstić information content (AvgIpc) is 3.10. The maximum absolute atomic E-state index is 13.2. The lowest BCUT2D eigenvalue weighted by Crippen LogP contribution is -2.36. The van der Waals surface area contributed by atoms with Crippen LogP contribution in [0.3, 0.4) is 0 Å². The molecule has 0 saturated carbocycles. The molecule has 49 heavy (non-hydrogen) atoms. The minimum absolute atomic E-state index is 0.192. The van der Waals surface area contributed by atoms with Gasteiger partial charge in [-0.1, -0.05) is 102 Å². The summed E-state index contributed by atoms with van der Waals surface area (Å²) in [5.41, 5.74) is 5.44. The first-order valence-electron chi connectivity index (χ1n) is 18.2. The number of hydrazine groups is 1. The van der Waals surface area contributed by atoms with E-state index >= 15 is 0 Å². The second-order valence-corrected chi connectivity index (χ2v) is 15.4. The van der Waals surface area contributed by atoms with Gasteiger partial charge in [0, 0.05) is 9.13 Å². The zero-order chi connectivity index (χ0) is 35.2. The van der Waals surface area contributed by atoms with Gasteiger partial charge in [0.05, 0.1) is 30.4 Å². The number of nitrogens with one attached hydrogen (secondary N) is 2. The highest BCUT2D eigenvalue weighted by Crippen LogP contribution is 2.31. The molecule has 0 bridgehead atoms. The third-order valence-electron chi connectivity index (χ3n) is 8.20. The van der Waals surface area contributed by atoms with Crippen LogP contribution in [0.25, 0.3) is 5.70 Å². The Morgan fingerprint density at radius 1 is 0.673 bits per heavy atom. The van der Waals surface area contributed by atoms with E-state index in [1.165, 1.54) is 51.4 Å². The van der Waals surface area contributed by atoms with Crippen molar-refractivity contribution in [1.82, 2.24) is 10.3 Å². The van der Waals surface area contributed by atoms with Crippen molar-refractivity contribution < 1.29 is 22.6 Å². The first-order valence-corrected chi connectivity index (χ1v) is 20.7. The number of ether oxygens (including phenoxy) is 3. The Labute approximate surface area is 309 Å². The van der Waals surface area contributed by atoms with Crippen molar-refractivity contribution in [2.24, 2.45) is 0 Å². The lowest BCUT2D eigenvalue weighted by Gasteiger charge is -2.17. The molecule has 0 saturated heterocycles. The maximum atomic E-state index is 13.2. The number of benzene rings is 3. The molecule has 0 radical (unpaired) electrons. The van der Waals surface area contributed by atoms with Crippen LogP contribution < -0.4 is 24.5 Å². The quantitative estimate of drug-likeness (QED) is 0.0478. The molecule has 2 N–H and O–H groups in total. The minimum Gasteiger partial charge on any atom is -0.494 e. The van der Waals surface area contributed by atoms with Crippen LogP contribution in [-0.2, 0) is 10.0 Å². The molecular formula is C40H57IN2O5S. The van der Waals surface area contributed by atoms with E-state index in [1.807, 2.05) is 55.5 Å². The van der Waals surface area contributed by atoms with E-state index in [1.54, 1.807) is 24.3 Å². The van der Waals surface area contributed by atoms with E-state index in [-0.39, 0.29) is 4.90 Å². The van der Waals surface area contributed by atoms with Gasteiger partial charge in [0.25, 0.3) is 10.0 Å². The fraction of sp³-hybridized carbons (Fsp3) is 0.500. The second-order valence-electron chi connectivity index (χ2n) is 12.5. The molecule has 3 aromatic rings. The summed E-state index contributed by atoms with van der Waals surface area (Å²) in [5.74, 6) is 2.22. The largest absolute Gasteiger partial charge is 0.494 e. The van der Waals surface area contributed by atoms with Crippen molar-refractivity contribution >= 4 is 38.3 Å². The summed E-state index contributed by atoms with van der Waals surface area (Å²) in [7, 11) is -3.81. The van der Waals surface area contributed by atoms with E-state index < -0.39 is 10.0 Å². The van der Waals surface area contributed by atoms with E-state index in [2.05, 4.69) is 46.7 Å². The van der Waals surface area contributed by atoms with E-state index in [0.29, 0.717) is 43.4 Å². The number of rotatable bonds is 26. The molecule has 0 aromatic heterocycles. The lowest BCUT2D eigenvalue weighted by molar-refractivity contribution is 0.258. The molecule has 9 heteroatoms. The first-order chi connectivity index (χ1) is 23.8. The average molecular weight is 805 g/mol. The number of hydrogen-bond acceptors (Lipinski definition) is 6. The molecule has 0 spiro atoms. The molecular weight excluding hydrogens is 747 g/mol. The Bertz CT molecular complexity index is 1480. The number of halogens is 1. The van der Waals surface area contributed by atoms with Crippen LogP contribution >= 0.6 is 22.6 Å². The molecule has 0 fully saturated rings. The van der Waals surface area contributed by atoms with Crippen molar-refractivity contribution in [1.29, 1.82) is 0 Å². The third-order valence-corrected chi connectivity index (χ3v) is 10.2. The smallest absolute Gasteiger partial charge is 0.257 e. The number of unbranched alkanes of at least 4 members (excludes halogenated alkanes) is 11. The van der Waals surface area contributed by atoms with Crippen LogP contribution in [0.5, 0.6) is 17.2 Å². The second kappa shape index (κ2) is 23.6. The Morgan fingerprint density at radius 3 is 1.88 bits per heavy atom. The summed E-state index contributed by atoms with van der Waals surface area (Å²) in [5, 5.41) is 0. The first kappa shape index (κ1) is 40.7. The summed E-state index contributed by atoms with van der Waals surface area (Å²) in [6.45, 7) is 8.17. The summed E-state index contributed by atoms with van der Waals surface area (Å²) < 4.78 is 46.0. The van der Waals surface area contributed by atoms with Crippen molar-refractivity contribution in [2.75, 3.05) is 19.8 Å². The predicted octanol–water partition coefficient (Wildman–Crippen LogP) is 10.8. The van der Waals surface area contributed by atoms with Crippen LogP contribution in [0.1, 0.15) is 115 Å². The van der Waals surface area contributed by atoms with Crippen LogP contribution in [0.4, 0.5) is 0 Å². The lowest BCUT2D eigenvalue weighted by atomic mass is 10.1. The van der Waals surface area contributed by atoms with Gasteiger partial charge in [0.15, 0.2) is 11.5 Å². The molecule has 0 heterocycles. The molecule has 0 amide bonds. The Kier molecular flexibility index (Phi) is 19.6. The van der Waals surface area contributed by atoms with Crippen molar-refractivity contribution in [3.63, 3.8) is 0 Å². The molecule has 3 rings (SSSR count). The Hall–Kier alpha value is -2.76. The fourth-order valence-corrected chi connectivity index (χ4v) is 6.44. The number of hydrogen-bond donors (Lipinski definition) is 2. The van der Waals surface area contributed by atoms with Gasteiger partial charge in [-0.05, 0) is 110 Å². The summed E-state index contributed by atoms with van der Waals surface area (Å²) in [6.07, 6.45) is 17.7. The van der Waals surface area contributed by atoms with Gasteiger partial charge in [-0.15, -0.1) is 4.83 Å². The van der Waals surface area contributed by atoms with Gasteiger partial charge in [-0.25, -0.2) is 8.42 Å². The molecule has 270 valence electrons. The maximum Gasteiger partial charge on any atom is 0.257 e. The molecule has 3 aromatic carbocycles. The van der Waals surface area contributed by atoms with Gasteiger partial charge in [-0.2, -0.15) is 0 Å². The molecule has 0 aliphatic carbocycles. The minimum atomic E-state index is -3.81. The standard InChI is InChI=1S/C40H57IN2O5S/c1-4-6-8-10-12-15-30-47-39-28-21-34(32-40(39)48-31-16-13-11-9-7-5-2)38(18-14-17-29-46-36-24-22-35(41)23-25-36)42-43-49(44,45)37-26-19-33(3)20-27-37/h18-28,32,42-43H,4-17,29-31H2,1-3H3. The molecule has 0 aliphatic rings. The van der Waals surface area contributed by atoms with Gasteiger partial charge in [0.2, 0.25) is 0 Å². The van der Waals surface area contributed by atoms with E-state index in [4.69, 9.17) is 14.2 Å². The van der Waals surface area contributed by atoms with Gasteiger partial charge < -0.3 is 19.6 Å². The van der Waals surface area contributed by atoms with Gasteiger partial charge in [0.1, 0.15) is 5.75 Å². The third kappa shape index (κ3) is 16.2. The topological polar surface area (TPSA) is 85.9 Å². The Balaban J connectivity index is 1.75. The Morgan fingerprint density at radius 2 is 1.24 bits per heavy atom. The van der Waals surface area contributed by atoms with Crippen LogP contribution in [0, 0.1) is 10.5 Å². The summed E-state index contributed by atoms with van der Waals surface area (Å²) >= 11 is 2.28. The molecule has 0 atom stereocenters. The van der Waals surface area contributed by atoms with Crippen molar-refractivity contribution in [3.8, 4) is 17.2 Å². The van der Waals surface area contributed by atoms with E-state index in [9.17, 15) is 8.42 Å². The molecule has 0 unspecified atom stereocenters. The van der Waals surface area contributed by atoms with Crippen molar-refractivity contribution in [2.45, 2.75) is 116 Å². The van der Waals surface area contributed by atoms with Crippen molar-refractivity contribution in [3.05, 3.63) is 87.5 Å². The highest BCUT2D eigenvalue weighted by Gasteiger charge is 2.16. The number of aryl methyl sites for hydroxylation is 1. The highest BCUT2D eigenvalue weighted by atomic mass is 127. The molecule has 7 nitrogen and oxygen atoms in total. The monoisotopic (exact) mass is 804 g/mol. The molecule has 0 aliphatic heterocycles. The highest BCUT2D eigenvalue weighted by molar-refractivity contribution is 14.1.